The minimum Gasteiger partial charge on any atom is -0.481 e. The fraction of sp³-hybridized carbons (Fsp3) is 0.474. The highest BCUT2D eigenvalue weighted by Gasteiger charge is 2.35. The number of carboxylic acids is 1. The third-order valence-electron chi connectivity index (χ3n) is 4.74. The summed E-state index contributed by atoms with van der Waals surface area (Å²) >= 11 is 0. The van der Waals surface area contributed by atoms with Gasteiger partial charge in [0.1, 0.15) is 25.4 Å². The summed E-state index contributed by atoms with van der Waals surface area (Å²) in [7, 11) is 0. The Kier molecular flexibility index (Phi) is 8.41. The molecule has 1 aliphatic rings. The average molecular weight is 439 g/mol. The number of amides is 2. The predicted octanol–water partition coefficient (Wildman–Crippen LogP) is 1.58. The third kappa shape index (κ3) is 6.73. The van der Waals surface area contributed by atoms with Gasteiger partial charge < -0.3 is 15.2 Å². The molecule has 2 N–H and O–H groups in total. The molecule has 1 aliphatic heterocycles. The highest BCUT2D eigenvalue weighted by molar-refractivity contribution is 5.94. The van der Waals surface area contributed by atoms with Crippen LogP contribution in [0, 0.1) is 10.1 Å². The standard InChI is InChI=1S/C19H22FN3O8/c20-10-16(24)14(9-17(25)26)21-18(27)15-6-1-2-7-22(15)19(28)31-11-12-4-3-5-13(8-12)23(29)30/h3-5,8,14-15H,1-2,6-7,9-11H2,(H,21,27)(H,25,26)/t14?,15-/m0/s1. The molecule has 0 radical (unpaired) electrons. The molecule has 1 aromatic carbocycles. The van der Waals surface area contributed by atoms with Crippen molar-refractivity contribution >= 4 is 29.4 Å². The second-order valence-corrected chi connectivity index (χ2v) is 6.95. The zero-order chi connectivity index (χ0) is 23.0. The molecule has 1 fully saturated rings. The number of halogens is 1. The van der Waals surface area contributed by atoms with Crippen LogP contribution in [-0.4, -0.2) is 64.0 Å². The van der Waals surface area contributed by atoms with Gasteiger partial charge in [-0.15, -0.1) is 0 Å². The Bertz CT molecular complexity index is 862. The number of benzene rings is 1. The summed E-state index contributed by atoms with van der Waals surface area (Å²) in [5, 5.41) is 21.9. The van der Waals surface area contributed by atoms with Crippen molar-refractivity contribution in [2.45, 2.75) is 44.4 Å². The predicted molar refractivity (Wildman–Crippen MR) is 103 cm³/mol. The number of hydrogen-bond donors (Lipinski definition) is 2. The maximum absolute atomic E-state index is 12.7. The second kappa shape index (κ2) is 11.0. The Labute approximate surface area is 176 Å². The molecule has 1 unspecified atom stereocenters. The van der Waals surface area contributed by atoms with Crippen LogP contribution in [0.1, 0.15) is 31.2 Å². The molecule has 0 bridgehead atoms. The van der Waals surface area contributed by atoms with Gasteiger partial charge in [0.25, 0.3) is 5.69 Å². The number of nitrogens with zero attached hydrogens (tertiary/aromatic N) is 2. The van der Waals surface area contributed by atoms with Crippen LogP contribution in [0.25, 0.3) is 0 Å². The summed E-state index contributed by atoms with van der Waals surface area (Å²) in [6, 6.07) is 2.98. The Hall–Kier alpha value is -3.57. The minimum atomic E-state index is -1.54. The van der Waals surface area contributed by atoms with Gasteiger partial charge in [0.05, 0.1) is 11.3 Å². The molecule has 2 amide bonds. The van der Waals surface area contributed by atoms with E-state index in [-0.39, 0.29) is 25.3 Å². The number of aliphatic carboxylic acids is 1. The molecule has 31 heavy (non-hydrogen) atoms. The quantitative estimate of drug-likeness (QED) is 0.434. The number of nitro benzene ring substituents is 1. The molecular weight excluding hydrogens is 417 g/mol. The Morgan fingerprint density at radius 3 is 2.71 bits per heavy atom. The van der Waals surface area contributed by atoms with Gasteiger partial charge >= 0.3 is 12.1 Å². The van der Waals surface area contributed by atoms with Gasteiger partial charge in [-0.25, -0.2) is 9.18 Å². The van der Waals surface area contributed by atoms with Crippen LogP contribution in [0.5, 0.6) is 0 Å². The van der Waals surface area contributed by atoms with Crippen molar-refractivity contribution in [2.75, 3.05) is 13.2 Å². The normalized spacial score (nSPS) is 16.8. The molecule has 2 atom stereocenters. The Morgan fingerprint density at radius 1 is 1.32 bits per heavy atom. The number of ketones is 1. The topological polar surface area (TPSA) is 156 Å². The van der Waals surface area contributed by atoms with E-state index in [1.807, 2.05) is 0 Å². The van der Waals surface area contributed by atoms with Crippen LogP contribution in [0.2, 0.25) is 0 Å². The highest BCUT2D eigenvalue weighted by Crippen LogP contribution is 2.20. The number of likely N-dealkylation sites (tertiary alicyclic amines) is 1. The number of carbonyl (C=O) groups excluding carboxylic acids is 3. The van der Waals surface area contributed by atoms with E-state index in [1.165, 1.54) is 18.2 Å². The number of carbonyl (C=O) groups is 4. The van der Waals surface area contributed by atoms with E-state index >= 15 is 0 Å². The number of hydrogen-bond acceptors (Lipinski definition) is 7. The highest BCUT2D eigenvalue weighted by atomic mass is 19.1. The van der Waals surface area contributed by atoms with Crippen molar-refractivity contribution in [1.29, 1.82) is 0 Å². The van der Waals surface area contributed by atoms with Crippen LogP contribution in [0.15, 0.2) is 24.3 Å². The van der Waals surface area contributed by atoms with Crippen LogP contribution in [0.3, 0.4) is 0 Å². The van der Waals surface area contributed by atoms with Crippen molar-refractivity contribution in [3.8, 4) is 0 Å². The third-order valence-corrected chi connectivity index (χ3v) is 4.74. The lowest BCUT2D eigenvalue weighted by atomic mass is 10.0. The first-order valence-electron chi connectivity index (χ1n) is 9.50. The van der Waals surface area contributed by atoms with Gasteiger partial charge in [-0.3, -0.25) is 29.4 Å². The van der Waals surface area contributed by atoms with E-state index in [2.05, 4.69) is 5.32 Å². The molecule has 0 aromatic heterocycles. The first kappa shape index (κ1) is 23.7. The summed E-state index contributed by atoms with van der Waals surface area (Å²) in [6.45, 7) is -1.50. The zero-order valence-electron chi connectivity index (χ0n) is 16.5. The van der Waals surface area contributed by atoms with E-state index in [0.29, 0.717) is 18.4 Å². The summed E-state index contributed by atoms with van der Waals surface area (Å²) in [6.07, 6.45) is -0.164. The number of non-ortho nitro benzene ring substituents is 1. The average Bonchev–Trinajstić information content (AvgIpc) is 2.76. The molecule has 0 spiro atoms. The first-order chi connectivity index (χ1) is 14.7. The van der Waals surface area contributed by atoms with Crippen LogP contribution < -0.4 is 5.32 Å². The lowest BCUT2D eigenvalue weighted by Crippen LogP contribution is -2.55. The van der Waals surface area contributed by atoms with E-state index in [0.717, 1.165) is 4.90 Å². The van der Waals surface area contributed by atoms with E-state index in [1.54, 1.807) is 6.07 Å². The van der Waals surface area contributed by atoms with Gasteiger partial charge in [-0.1, -0.05) is 12.1 Å². The molecule has 1 heterocycles. The van der Waals surface area contributed by atoms with Gasteiger partial charge in [-0.05, 0) is 24.8 Å². The Balaban J connectivity index is 2.04. The van der Waals surface area contributed by atoms with Crippen molar-refractivity contribution in [3.63, 3.8) is 0 Å². The number of carboxylic acid groups (broad SMARTS) is 1. The smallest absolute Gasteiger partial charge is 0.410 e. The Morgan fingerprint density at radius 2 is 2.06 bits per heavy atom. The molecule has 11 nitrogen and oxygen atoms in total. The SMILES string of the molecule is O=C(O)CC(NC(=O)[C@@H]1CCCCN1C(=O)OCc1cccc([N+](=O)[O-])c1)C(=O)CF. The molecule has 0 aliphatic carbocycles. The monoisotopic (exact) mass is 439 g/mol. The fourth-order valence-corrected chi connectivity index (χ4v) is 3.19. The summed E-state index contributed by atoms with van der Waals surface area (Å²) in [5.41, 5.74) is 0.224. The summed E-state index contributed by atoms with van der Waals surface area (Å²) in [4.78, 5) is 59.1. The number of nitro groups is 1. The zero-order valence-corrected chi connectivity index (χ0v) is 16.5. The van der Waals surface area contributed by atoms with Crippen LogP contribution in [0.4, 0.5) is 14.9 Å². The summed E-state index contributed by atoms with van der Waals surface area (Å²) in [5.74, 6) is -3.24. The number of ether oxygens (including phenoxy) is 1. The molecule has 0 saturated carbocycles. The largest absolute Gasteiger partial charge is 0.481 e. The van der Waals surface area contributed by atoms with Crippen molar-refractivity contribution in [3.05, 3.63) is 39.9 Å². The number of Topliss-reactive ketones (excluding diaryl/α,β-unsaturated/α-hetero) is 1. The molecular formula is C19H22FN3O8. The molecule has 1 saturated heterocycles. The van der Waals surface area contributed by atoms with E-state index in [4.69, 9.17) is 9.84 Å². The minimum absolute atomic E-state index is 0.161. The first-order valence-corrected chi connectivity index (χ1v) is 9.50. The van der Waals surface area contributed by atoms with E-state index < -0.39 is 53.9 Å². The number of rotatable bonds is 9. The molecule has 168 valence electrons. The van der Waals surface area contributed by atoms with Gasteiger partial charge in [0, 0.05) is 18.7 Å². The van der Waals surface area contributed by atoms with Crippen LogP contribution >= 0.6 is 0 Å². The number of piperidine rings is 1. The second-order valence-electron chi connectivity index (χ2n) is 6.95. The van der Waals surface area contributed by atoms with Crippen molar-refractivity contribution in [2.24, 2.45) is 0 Å². The lowest BCUT2D eigenvalue weighted by Gasteiger charge is -2.34. The number of nitrogens with one attached hydrogen (secondary N) is 1. The maximum atomic E-state index is 12.7. The molecule has 1 aromatic rings. The summed E-state index contributed by atoms with van der Waals surface area (Å²) < 4.78 is 17.9. The number of alkyl halides is 1. The van der Waals surface area contributed by atoms with Crippen LogP contribution in [-0.2, 0) is 25.7 Å². The van der Waals surface area contributed by atoms with Gasteiger partial charge in [-0.2, -0.15) is 0 Å². The fourth-order valence-electron chi connectivity index (χ4n) is 3.19. The van der Waals surface area contributed by atoms with E-state index in [9.17, 15) is 33.7 Å². The molecule has 12 heteroatoms. The maximum Gasteiger partial charge on any atom is 0.410 e. The van der Waals surface area contributed by atoms with Crippen molar-refractivity contribution < 1.29 is 38.3 Å². The van der Waals surface area contributed by atoms with Gasteiger partial charge in [0.15, 0.2) is 5.78 Å². The molecule has 2 rings (SSSR count). The lowest BCUT2D eigenvalue weighted by molar-refractivity contribution is -0.384. The van der Waals surface area contributed by atoms with Crippen molar-refractivity contribution in [1.82, 2.24) is 10.2 Å². The van der Waals surface area contributed by atoms with Gasteiger partial charge in [0.2, 0.25) is 5.91 Å².